The van der Waals surface area contributed by atoms with Gasteiger partial charge < -0.3 is 0 Å². The van der Waals surface area contributed by atoms with Crippen LogP contribution in [0.5, 0.6) is 0 Å². The van der Waals surface area contributed by atoms with Gasteiger partial charge in [-0.2, -0.15) is 0 Å². The number of aromatic nitrogens is 2. The lowest BCUT2D eigenvalue weighted by Crippen LogP contribution is -2.16. The van der Waals surface area contributed by atoms with E-state index in [1.807, 2.05) is 67.6 Å². The largest absolute Gasteiger partial charge is 0.269 e. The van der Waals surface area contributed by atoms with E-state index in [4.69, 9.17) is 0 Å². The van der Waals surface area contributed by atoms with Crippen LogP contribution in [0.3, 0.4) is 0 Å². The van der Waals surface area contributed by atoms with Crippen molar-refractivity contribution in [2.45, 2.75) is 38.0 Å². The van der Waals surface area contributed by atoms with Crippen LogP contribution >= 0.6 is 0 Å². The lowest BCUT2D eigenvalue weighted by molar-refractivity contribution is 0.583. The van der Waals surface area contributed by atoms with Crippen LogP contribution in [-0.4, -0.2) is 17.4 Å². The van der Waals surface area contributed by atoms with Crippen molar-refractivity contribution >= 4 is 33.2 Å². The van der Waals surface area contributed by atoms with Crippen molar-refractivity contribution in [1.82, 2.24) is 8.96 Å². The van der Waals surface area contributed by atoms with E-state index in [-0.39, 0.29) is 10.3 Å². The van der Waals surface area contributed by atoms with E-state index in [1.54, 1.807) is 24.3 Å². The summed E-state index contributed by atoms with van der Waals surface area (Å²) in [6, 6.07) is 22.5. The summed E-state index contributed by atoms with van der Waals surface area (Å²) in [5.41, 5.74) is 4.39. The van der Waals surface area contributed by atoms with Gasteiger partial charge in [-0.3, -0.25) is 0 Å². The summed E-state index contributed by atoms with van der Waals surface area (Å²) in [4.78, 5) is 4.83. The third kappa shape index (κ3) is 4.19. The molecule has 0 fully saturated rings. The van der Waals surface area contributed by atoms with Gasteiger partial charge >= 0.3 is 0 Å². The molecule has 1 heterocycles. The molecule has 4 nitrogen and oxygen atoms in total. The molecule has 0 aliphatic rings. The molecule has 31 heavy (non-hydrogen) atoms. The van der Waals surface area contributed by atoms with Crippen LogP contribution in [-0.2, 0) is 15.4 Å². The van der Waals surface area contributed by atoms with Gasteiger partial charge in [0.2, 0.25) is 0 Å². The number of hydrogen-bond donors (Lipinski definition) is 0. The van der Waals surface area contributed by atoms with Crippen molar-refractivity contribution in [2.75, 3.05) is 0 Å². The van der Waals surface area contributed by atoms with Gasteiger partial charge in [-0.25, -0.2) is 17.4 Å². The van der Waals surface area contributed by atoms with Gasteiger partial charge in [0, 0.05) is 0 Å². The number of benzene rings is 3. The predicted octanol–water partition coefficient (Wildman–Crippen LogP) is 6.05. The van der Waals surface area contributed by atoms with Crippen LogP contribution in [0.4, 0.5) is 0 Å². The van der Waals surface area contributed by atoms with Crippen molar-refractivity contribution < 1.29 is 8.42 Å². The molecule has 4 rings (SSSR count). The highest BCUT2D eigenvalue weighted by atomic mass is 32.2. The molecule has 0 unspecified atom stereocenters. The van der Waals surface area contributed by atoms with E-state index in [0.717, 1.165) is 11.1 Å². The minimum atomic E-state index is -3.82. The van der Waals surface area contributed by atoms with Crippen molar-refractivity contribution in [3.8, 4) is 0 Å². The number of rotatable bonds is 4. The molecule has 4 aromatic rings. The maximum absolute atomic E-state index is 13.6. The molecule has 0 amide bonds. The lowest BCUT2D eigenvalue weighted by Gasteiger charge is -2.19. The molecule has 0 saturated carbocycles. The molecule has 0 aliphatic carbocycles. The second-order valence-corrected chi connectivity index (χ2v) is 10.5. The Morgan fingerprint density at radius 1 is 0.839 bits per heavy atom. The van der Waals surface area contributed by atoms with E-state index in [1.165, 1.54) is 9.54 Å². The van der Waals surface area contributed by atoms with E-state index in [2.05, 4.69) is 25.8 Å². The highest BCUT2D eigenvalue weighted by Gasteiger charge is 2.24. The van der Waals surface area contributed by atoms with Gasteiger partial charge in [-0.15, -0.1) is 0 Å². The fourth-order valence-electron chi connectivity index (χ4n) is 3.46. The molecule has 5 heteroatoms. The highest BCUT2D eigenvalue weighted by Crippen LogP contribution is 2.27. The third-order valence-corrected chi connectivity index (χ3v) is 7.04. The summed E-state index contributed by atoms with van der Waals surface area (Å²) in [5.74, 6) is 0.377. The Morgan fingerprint density at radius 2 is 1.48 bits per heavy atom. The van der Waals surface area contributed by atoms with Crippen LogP contribution < -0.4 is 0 Å². The summed E-state index contributed by atoms with van der Waals surface area (Å²) >= 11 is 0. The third-order valence-electron chi connectivity index (χ3n) is 5.30. The number of imidazole rings is 1. The molecule has 1 aromatic heterocycles. The topological polar surface area (TPSA) is 52.0 Å². The van der Waals surface area contributed by atoms with Crippen molar-refractivity contribution in [3.63, 3.8) is 0 Å². The summed E-state index contributed by atoms with van der Waals surface area (Å²) in [5, 5.41) is 0. The van der Waals surface area contributed by atoms with Crippen LogP contribution in [0.1, 0.15) is 43.3 Å². The summed E-state index contributed by atoms with van der Waals surface area (Å²) < 4.78 is 28.6. The van der Waals surface area contributed by atoms with Crippen LogP contribution in [0.25, 0.3) is 23.2 Å². The molecule has 0 radical (unpaired) electrons. The normalized spacial score (nSPS) is 12.6. The fraction of sp³-hybridized carbons (Fsp3) is 0.192. The molecular weight excluding hydrogens is 404 g/mol. The minimum absolute atomic E-state index is 0.0497. The Hall–Kier alpha value is -3.18. The summed E-state index contributed by atoms with van der Waals surface area (Å²) in [6.45, 7) is 8.35. The monoisotopic (exact) mass is 430 g/mol. The first-order valence-electron chi connectivity index (χ1n) is 10.2. The Labute approximate surface area is 183 Å². The quantitative estimate of drug-likeness (QED) is 0.396. The molecule has 3 aromatic carbocycles. The molecule has 0 atom stereocenters. The van der Waals surface area contributed by atoms with Gasteiger partial charge in [0.05, 0.1) is 15.9 Å². The van der Waals surface area contributed by atoms with E-state index in [0.29, 0.717) is 16.9 Å². The first-order chi connectivity index (χ1) is 14.7. The van der Waals surface area contributed by atoms with Crippen LogP contribution in [0.15, 0.2) is 77.7 Å². The maximum atomic E-state index is 13.6. The molecular formula is C26H26N2O2S. The molecule has 0 N–H and O–H groups in total. The fourth-order valence-corrected chi connectivity index (χ4v) is 4.91. The number of para-hydroxylation sites is 2. The summed E-state index contributed by atoms with van der Waals surface area (Å²) in [7, 11) is -3.82. The molecule has 0 saturated heterocycles. The number of hydrogen-bond acceptors (Lipinski definition) is 3. The summed E-state index contributed by atoms with van der Waals surface area (Å²) in [6.07, 6.45) is 3.64. The average molecular weight is 431 g/mol. The smallest absolute Gasteiger partial charge is 0.228 e. The first-order valence-corrected chi connectivity index (χ1v) is 11.7. The molecule has 158 valence electrons. The zero-order valence-electron chi connectivity index (χ0n) is 18.2. The zero-order valence-corrected chi connectivity index (χ0v) is 19.0. The van der Waals surface area contributed by atoms with Gasteiger partial charge in [0.25, 0.3) is 10.0 Å². The van der Waals surface area contributed by atoms with Crippen molar-refractivity contribution in [2.24, 2.45) is 0 Å². The van der Waals surface area contributed by atoms with Crippen molar-refractivity contribution in [3.05, 3.63) is 95.3 Å². The Balaban J connectivity index is 1.84. The van der Waals surface area contributed by atoms with E-state index >= 15 is 0 Å². The first kappa shape index (κ1) is 21.1. The van der Waals surface area contributed by atoms with Crippen molar-refractivity contribution in [1.29, 1.82) is 0 Å². The Morgan fingerprint density at radius 3 is 2.13 bits per heavy atom. The molecule has 0 bridgehead atoms. The standard InChI is InChI=1S/C26H26N2O2S/c1-19-9-11-20(12-10-19)13-18-25-27-23-7-5-6-8-24(23)28(25)31(29,30)22-16-14-21(15-17-22)26(2,3)4/h5-18H,1-4H3. The van der Waals surface area contributed by atoms with Gasteiger partial charge in [0.15, 0.2) is 0 Å². The average Bonchev–Trinajstić information content (AvgIpc) is 3.12. The SMILES string of the molecule is Cc1ccc(C=Cc2nc3ccccc3n2S(=O)(=O)c2ccc(C(C)(C)C)cc2)cc1. The van der Waals surface area contributed by atoms with Gasteiger partial charge in [-0.1, -0.05) is 80.9 Å². The van der Waals surface area contributed by atoms with E-state index in [9.17, 15) is 8.42 Å². The second-order valence-electron chi connectivity index (χ2n) is 8.75. The lowest BCUT2D eigenvalue weighted by atomic mass is 9.87. The van der Waals surface area contributed by atoms with Crippen LogP contribution in [0, 0.1) is 6.92 Å². The zero-order chi connectivity index (χ0) is 22.2. The minimum Gasteiger partial charge on any atom is -0.228 e. The Bertz CT molecular complexity index is 1360. The number of aryl methyl sites for hydroxylation is 1. The van der Waals surface area contributed by atoms with Crippen LogP contribution in [0.2, 0.25) is 0 Å². The number of nitrogens with zero attached hydrogens (tertiary/aromatic N) is 2. The number of fused-ring (bicyclic) bond motifs is 1. The van der Waals surface area contributed by atoms with E-state index < -0.39 is 10.0 Å². The molecule has 0 spiro atoms. The predicted molar refractivity (Wildman–Crippen MR) is 128 cm³/mol. The highest BCUT2D eigenvalue weighted by molar-refractivity contribution is 7.90. The Kier molecular flexibility index (Phi) is 5.31. The van der Waals surface area contributed by atoms with Gasteiger partial charge in [0.1, 0.15) is 5.82 Å². The second kappa shape index (κ2) is 7.82. The maximum Gasteiger partial charge on any atom is 0.269 e. The van der Waals surface area contributed by atoms with Gasteiger partial charge in [-0.05, 0) is 53.8 Å². The molecule has 0 aliphatic heterocycles.